The lowest BCUT2D eigenvalue weighted by Gasteiger charge is -2.35. The fourth-order valence-corrected chi connectivity index (χ4v) is 7.14. The number of ether oxygens (including phenoxy) is 1. The Morgan fingerprint density at radius 1 is 1.20 bits per heavy atom. The first-order valence-electron chi connectivity index (χ1n) is 13.1. The summed E-state index contributed by atoms with van der Waals surface area (Å²) in [4.78, 5) is 44.0. The number of nitrogens with zero attached hydrogens (tertiary/aromatic N) is 1. The molecule has 1 aromatic heterocycles. The second-order valence-corrected chi connectivity index (χ2v) is 12.2. The molecule has 0 radical (unpaired) electrons. The average Bonchev–Trinajstić information content (AvgIpc) is 3.56. The van der Waals surface area contributed by atoms with Gasteiger partial charge in [-0.25, -0.2) is 0 Å². The minimum Gasteiger partial charge on any atom is -0.356 e. The van der Waals surface area contributed by atoms with Crippen LogP contribution in [0.5, 0.6) is 0 Å². The fraction of sp³-hybridized carbons (Fsp3) is 0.667. The quantitative estimate of drug-likeness (QED) is 0.537. The van der Waals surface area contributed by atoms with Gasteiger partial charge < -0.3 is 20.3 Å². The molecule has 8 heteroatoms. The molecule has 3 aliphatic heterocycles. The van der Waals surface area contributed by atoms with Crippen LogP contribution in [-0.4, -0.2) is 52.5 Å². The van der Waals surface area contributed by atoms with Gasteiger partial charge in [0.05, 0.1) is 24.0 Å². The van der Waals surface area contributed by atoms with Crippen molar-refractivity contribution >= 4 is 29.1 Å². The molecule has 1 saturated carbocycles. The minimum absolute atomic E-state index is 0.136. The second-order valence-electron chi connectivity index (χ2n) is 11.2. The van der Waals surface area contributed by atoms with Crippen LogP contribution in [0.4, 0.5) is 0 Å². The summed E-state index contributed by atoms with van der Waals surface area (Å²) in [7, 11) is 0. The van der Waals surface area contributed by atoms with Crippen molar-refractivity contribution in [3.8, 4) is 0 Å². The summed E-state index contributed by atoms with van der Waals surface area (Å²) in [5, 5.41) is 8.25. The third-order valence-corrected chi connectivity index (χ3v) is 9.12. The average molecular weight is 500 g/mol. The van der Waals surface area contributed by atoms with Gasteiger partial charge in [0, 0.05) is 17.5 Å². The number of amides is 3. The molecule has 0 unspecified atom stereocenters. The van der Waals surface area contributed by atoms with E-state index in [1.54, 1.807) is 16.2 Å². The molecular weight excluding hydrogens is 462 g/mol. The number of rotatable bonds is 8. The Labute approximate surface area is 211 Å². The van der Waals surface area contributed by atoms with Gasteiger partial charge in [-0.3, -0.25) is 14.4 Å². The first kappa shape index (κ1) is 24.5. The number of fused-ring (bicyclic) bond motifs is 1. The number of nitrogens with one attached hydrogen (secondary N) is 2. The Balaban J connectivity index is 1.43. The molecule has 4 aliphatic rings. The molecule has 5 rings (SSSR count). The molecule has 3 fully saturated rings. The number of carbonyl (C=O) groups is 3. The Hall–Kier alpha value is -2.19. The van der Waals surface area contributed by atoms with Crippen LogP contribution in [0.15, 0.2) is 29.7 Å². The van der Waals surface area contributed by atoms with Crippen molar-refractivity contribution in [2.24, 2.45) is 17.8 Å². The Bertz CT molecular complexity index is 1000. The van der Waals surface area contributed by atoms with Crippen LogP contribution in [0.25, 0.3) is 0 Å². The van der Waals surface area contributed by atoms with Crippen LogP contribution in [0, 0.1) is 17.8 Å². The van der Waals surface area contributed by atoms with Crippen LogP contribution < -0.4 is 10.6 Å². The summed E-state index contributed by atoms with van der Waals surface area (Å²) in [5.74, 6) is -1.46. The molecule has 35 heavy (non-hydrogen) atoms. The lowest BCUT2D eigenvalue weighted by Crippen LogP contribution is -2.56. The maximum Gasteiger partial charge on any atom is 0.246 e. The molecule has 5 atom stereocenters. The summed E-state index contributed by atoms with van der Waals surface area (Å²) in [6.45, 7) is 6.99. The summed E-state index contributed by atoms with van der Waals surface area (Å²) in [5.41, 5.74) is -2.01. The van der Waals surface area contributed by atoms with E-state index in [9.17, 15) is 14.4 Å². The van der Waals surface area contributed by atoms with Gasteiger partial charge in [-0.15, -0.1) is 11.3 Å². The van der Waals surface area contributed by atoms with E-state index in [2.05, 4.69) is 24.5 Å². The maximum atomic E-state index is 13.9. The SMILES string of the molecule is CC(C)CCN1C(=O)[C@H]2[C@@H](C(=O)NCc3cccs3)[C@@]3(C)C=C[C@]2(O3)[C@@H]1C(=O)NC1CCCCC1. The molecule has 1 spiro atoms. The van der Waals surface area contributed by atoms with Gasteiger partial charge in [-0.05, 0) is 43.6 Å². The second kappa shape index (κ2) is 9.36. The molecule has 1 aliphatic carbocycles. The van der Waals surface area contributed by atoms with Crippen LogP contribution >= 0.6 is 11.3 Å². The molecule has 7 nitrogen and oxygen atoms in total. The largest absolute Gasteiger partial charge is 0.356 e. The zero-order valence-corrected chi connectivity index (χ0v) is 21.7. The maximum absolute atomic E-state index is 13.9. The van der Waals surface area contributed by atoms with Crippen LogP contribution in [0.3, 0.4) is 0 Å². The van der Waals surface area contributed by atoms with Gasteiger partial charge in [-0.1, -0.05) is 51.3 Å². The highest BCUT2D eigenvalue weighted by Crippen LogP contribution is 2.59. The summed E-state index contributed by atoms with van der Waals surface area (Å²) in [6.07, 6.45) is 9.96. The van der Waals surface area contributed by atoms with E-state index in [1.807, 2.05) is 36.6 Å². The molecule has 2 saturated heterocycles. The van der Waals surface area contributed by atoms with E-state index >= 15 is 0 Å². The molecule has 2 N–H and O–H groups in total. The van der Waals surface area contributed by atoms with Crippen molar-refractivity contribution in [3.63, 3.8) is 0 Å². The van der Waals surface area contributed by atoms with Crippen LogP contribution in [0.2, 0.25) is 0 Å². The lowest BCUT2D eigenvalue weighted by atomic mass is 9.70. The van der Waals surface area contributed by atoms with Gasteiger partial charge in [0.15, 0.2) is 0 Å². The third-order valence-electron chi connectivity index (χ3n) is 8.24. The summed E-state index contributed by atoms with van der Waals surface area (Å²) >= 11 is 1.58. The van der Waals surface area contributed by atoms with Gasteiger partial charge in [-0.2, -0.15) is 0 Å². The van der Waals surface area contributed by atoms with Crippen molar-refractivity contribution in [3.05, 3.63) is 34.5 Å². The fourth-order valence-electron chi connectivity index (χ4n) is 6.49. The standard InChI is InChI=1S/C27H37N3O4S/c1-17(2)11-14-30-22(24(32)29-18-8-5-4-6-9-18)27-13-12-26(3,34-27)20(21(27)25(30)33)23(31)28-16-19-10-7-15-35-19/h7,10,12-13,15,17-18,20-22H,4-6,8-9,11,14,16H2,1-3H3,(H,28,31)(H,29,32)/t20-,21+,22-,26+,27+/m0/s1. The molecule has 0 aromatic carbocycles. The monoisotopic (exact) mass is 499 g/mol. The molecule has 3 amide bonds. The minimum atomic E-state index is -1.10. The number of hydrogen-bond acceptors (Lipinski definition) is 5. The molecule has 1 aromatic rings. The topological polar surface area (TPSA) is 87.7 Å². The predicted octanol–water partition coefficient (Wildman–Crippen LogP) is 3.40. The Morgan fingerprint density at radius 2 is 1.97 bits per heavy atom. The Kier molecular flexibility index (Phi) is 6.55. The number of carbonyl (C=O) groups excluding carboxylic acids is 3. The highest BCUT2D eigenvalue weighted by atomic mass is 32.1. The zero-order valence-electron chi connectivity index (χ0n) is 20.9. The number of hydrogen-bond donors (Lipinski definition) is 2. The number of thiophene rings is 1. The van der Waals surface area contributed by atoms with E-state index in [-0.39, 0.29) is 23.8 Å². The van der Waals surface area contributed by atoms with E-state index in [0.717, 1.165) is 37.0 Å². The van der Waals surface area contributed by atoms with E-state index in [0.29, 0.717) is 19.0 Å². The number of likely N-dealkylation sites (tertiary alicyclic amines) is 1. The van der Waals surface area contributed by atoms with Crippen LogP contribution in [0.1, 0.15) is 64.2 Å². The van der Waals surface area contributed by atoms with Crippen molar-refractivity contribution in [1.29, 1.82) is 0 Å². The lowest BCUT2D eigenvalue weighted by molar-refractivity contribution is -0.145. The Morgan fingerprint density at radius 3 is 2.66 bits per heavy atom. The highest BCUT2D eigenvalue weighted by molar-refractivity contribution is 7.09. The zero-order chi connectivity index (χ0) is 24.8. The summed E-state index contributed by atoms with van der Waals surface area (Å²) < 4.78 is 6.58. The third kappa shape index (κ3) is 4.22. The van der Waals surface area contributed by atoms with Gasteiger partial charge >= 0.3 is 0 Å². The van der Waals surface area contributed by atoms with Gasteiger partial charge in [0.25, 0.3) is 0 Å². The van der Waals surface area contributed by atoms with Crippen LogP contribution in [-0.2, 0) is 25.7 Å². The van der Waals surface area contributed by atoms with Gasteiger partial charge in [0.1, 0.15) is 11.6 Å². The molecule has 4 heterocycles. The van der Waals surface area contributed by atoms with Crippen molar-refractivity contribution in [1.82, 2.24) is 15.5 Å². The van der Waals surface area contributed by atoms with E-state index in [1.165, 1.54) is 6.42 Å². The van der Waals surface area contributed by atoms with Crippen molar-refractivity contribution < 1.29 is 19.1 Å². The first-order chi connectivity index (χ1) is 16.7. The van der Waals surface area contributed by atoms with Crippen molar-refractivity contribution in [2.75, 3.05) is 6.54 Å². The highest BCUT2D eigenvalue weighted by Gasteiger charge is 2.76. The molecule has 2 bridgehead atoms. The first-order valence-corrected chi connectivity index (χ1v) is 13.9. The summed E-state index contributed by atoms with van der Waals surface area (Å²) in [6, 6.07) is 3.31. The smallest absolute Gasteiger partial charge is 0.246 e. The molecule has 190 valence electrons. The van der Waals surface area contributed by atoms with E-state index in [4.69, 9.17) is 4.74 Å². The molecular formula is C27H37N3O4S. The van der Waals surface area contributed by atoms with Gasteiger partial charge in [0.2, 0.25) is 17.7 Å². The van der Waals surface area contributed by atoms with E-state index < -0.39 is 29.1 Å². The normalized spacial score (nSPS) is 34.0. The van der Waals surface area contributed by atoms with Crippen molar-refractivity contribution in [2.45, 2.75) is 89.1 Å². The predicted molar refractivity (Wildman–Crippen MR) is 134 cm³/mol.